The highest BCUT2D eigenvalue weighted by Gasteiger charge is 2.34. The molecule has 0 radical (unpaired) electrons. The summed E-state index contributed by atoms with van der Waals surface area (Å²) in [4.78, 5) is 38.8. The number of allylic oxidation sites excluding steroid dienone is 2. The quantitative estimate of drug-likeness (QED) is 0.812. The van der Waals surface area contributed by atoms with E-state index in [4.69, 9.17) is 0 Å². The van der Waals surface area contributed by atoms with Crippen LogP contribution in [0.3, 0.4) is 0 Å². The van der Waals surface area contributed by atoms with Crippen LogP contribution in [-0.4, -0.2) is 40.9 Å². The highest BCUT2D eigenvalue weighted by molar-refractivity contribution is 6.04. The molecule has 1 fully saturated rings. The van der Waals surface area contributed by atoms with Crippen molar-refractivity contribution in [2.45, 2.75) is 32.1 Å². The van der Waals surface area contributed by atoms with Crippen LogP contribution in [0.5, 0.6) is 0 Å². The van der Waals surface area contributed by atoms with E-state index >= 15 is 0 Å². The fourth-order valence-electron chi connectivity index (χ4n) is 3.65. The van der Waals surface area contributed by atoms with Gasteiger partial charge in [0.1, 0.15) is 0 Å². The molecule has 0 saturated carbocycles. The van der Waals surface area contributed by atoms with E-state index in [-0.39, 0.29) is 11.8 Å². The monoisotopic (exact) mass is 356 g/mol. The fraction of sp³-hybridized carbons (Fsp3) is 0.450. The number of likely N-dealkylation sites (tertiary alicyclic amines) is 1. The van der Waals surface area contributed by atoms with Gasteiger partial charge in [0.05, 0.1) is 23.1 Å². The number of carboxylic acid groups (broad SMARTS) is 1. The van der Waals surface area contributed by atoms with E-state index in [1.165, 1.54) is 0 Å². The smallest absolute Gasteiger partial charge is 0.307 e. The third-order valence-corrected chi connectivity index (χ3v) is 5.14. The van der Waals surface area contributed by atoms with E-state index in [9.17, 15) is 19.5 Å². The maximum absolute atomic E-state index is 12.8. The lowest BCUT2D eigenvalue weighted by atomic mass is 9.82. The molecule has 3 rings (SSSR count). The first-order valence-electron chi connectivity index (χ1n) is 9.15. The summed E-state index contributed by atoms with van der Waals surface area (Å²) >= 11 is 0. The van der Waals surface area contributed by atoms with Crippen molar-refractivity contribution in [1.29, 1.82) is 0 Å². The van der Waals surface area contributed by atoms with Gasteiger partial charge in [-0.3, -0.25) is 14.4 Å². The van der Waals surface area contributed by atoms with E-state index in [0.717, 1.165) is 32.4 Å². The average molecular weight is 356 g/mol. The molecule has 1 aliphatic carbocycles. The van der Waals surface area contributed by atoms with Crippen LogP contribution >= 0.6 is 0 Å². The molecular weight excluding hydrogens is 332 g/mol. The van der Waals surface area contributed by atoms with Gasteiger partial charge >= 0.3 is 5.97 Å². The number of piperidine rings is 1. The van der Waals surface area contributed by atoms with Crippen molar-refractivity contribution in [2.24, 2.45) is 11.8 Å². The Bertz CT molecular complexity index is 722. The minimum Gasteiger partial charge on any atom is -0.481 e. The third kappa shape index (κ3) is 3.95. The number of nitrogens with zero attached hydrogens (tertiary/aromatic N) is 1. The number of para-hydroxylation sites is 1. The van der Waals surface area contributed by atoms with Crippen molar-refractivity contribution in [3.8, 4) is 0 Å². The topological polar surface area (TPSA) is 86.7 Å². The summed E-state index contributed by atoms with van der Waals surface area (Å²) in [5.41, 5.74) is 0.910. The lowest BCUT2D eigenvalue weighted by Gasteiger charge is -2.28. The molecule has 1 aromatic rings. The van der Waals surface area contributed by atoms with Gasteiger partial charge in [0.2, 0.25) is 5.91 Å². The Balaban J connectivity index is 1.77. The van der Waals surface area contributed by atoms with Crippen molar-refractivity contribution < 1.29 is 19.5 Å². The van der Waals surface area contributed by atoms with Gasteiger partial charge in [0, 0.05) is 13.1 Å². The number of benzene rings is 1. The molecule has 6 nitrogen and oxygen atoms in total. The first-order valence-corrected chi connectivity index (χ1v) is 9.15. The third-order valence-electron chi connectivity index (χ3n) is 5.14. The SMILES string of the molecule is O=C(O)C1CC=CCC1C(=O)Nc1ccccc1C(=O)N1CCCCC1. The van der Waals surface area contributed by atoms with Crippen molar-refractivity contribution in [3.05, 3.63) is 42.0 Å². The minimum atomic E-state index is -0.966. The number of nitrogens with one attached hydrogen (secondary N) is 1. The van der Waals surface area contributed by atoms with E-state index in [1.807, 2.05) is 11.0 Å². The predicted molar refractivity (Wildman–Crippen MR) is 97.8 cm³/mol. The summed E-state index contributed by atoms with van der Waals surface area (Å²) in [6.45, 7) is 1.46. The number of carbonyl (C=O) groups is 3. The zero-order valence-corrected chi connectivity index (χ0v) is 14.7. The van der Waals surface area contributed by atoms with Crippen molar-refractivity contribution in [2.75, 3.05) is 18.4 Å². The molecule has 138 valence electrons. The number of carboxylic acids is 1. The second kappa shape index (κ2) is 8.17. The molecule has 6 heteroatoms. The van der Waals surface area contributed by atoms with Gasteiger partial charge in [-0.05, 0) is 44.2 Å². The standard InChI is InChI=1S/C20H24N2O4/c23-18(14-8-2-3-9-15(14)20(25)26)21-17-11-5-4-10-16(17)19(24)22-12-6-1-7-13-22/h2-5,10-11,14-15H,1,6-9,12-13H2,(H,21,23)(H,25,26). The first-order chi connectivity index (χ1) is 12.6. The molecule has 1 aromatic carbocycles. The zero-order chi connectivity index (χ0) is 18.5. The number of hydrogen-bond acceptors (Lipinski definition) is 3. The van der Waals surface area contributed by atoms with Gasteiger partial charge in [0.25, 0.3) is 5.91 Å². The number of carbonyl (C=O) groups excluding carboxylic acids is 2. The Morgan fingerprint density at radius 3 is 2.31 bits per heavy atom. The zero-order valence-electron chi connectivity index (χ0n) is 14.7. The molecule has 2 N–H and O–H groups in total. The maximum Gasteiger partial charge on any atom is 0.307 e. The van der Waals surface area contributed by atoms with Gasteiger partial charge in [0.15, 0.2) is 0 Å². The highest BCUT2D eigenvalue weighted by Crippen LogP contribution is 2.28. The average Bonchev–Trinajstić information content (AvgIpc) is 2.68. The molecule has 0 spiro atoms. The summed E-state index contributed by atoms with van der Waals surface area (Å²) in [5, 5.41) is 12.2. The van der Waals surface area contributed by atoms with Crippen LogP contribution in [0.1, 0.15) is 42.5 Å². The molecule has 2 amide bonds. The molecule has 2 atom stereocenters. The van der Waals surface area contributed by atoms with E-state index < -0.39 is 17.8 Å². The van der Waals surface area contributed by atoms with E-state index in [2.05, 4.69) is 5.32 Å². The molecule has 0 aromatic heterocycles. The highest BCUT2D eigenvalue weighted by atomic mass is 16.4. The fourth-order valence-corrected chi connectivity index (χ4v) is 3.65. The molecule has 26 heavy (non-hydrogen) atoms. The molecular formula is C20H24N2O4. The summed E-state index contributed by atoms with van der Waals surface area (Å²) < 4.78 is 0. The van der Waals surface area contributed by atoms with Crippen LogP contribution in [0.2, 0.25) is 0 Å². The van der Waals surface area contributed by atoms with Crippen LogP contribution in [0.4, 0.5) is 5.69 Å². The predicted octanol–water partition coefficient (Wildman–Crippen LogP) is 2.92. The van der Waals surface area contributed by atoms with Crippen LogP contribution in [-0.2, 0) is 9.59 Å². The first kappa shape index (κ1) is 18.2. The largest absolute Gasteiger partial charge is 0.481 e. The van der Waals surface area contributed by atoms with Crippen molar-refractivity contribution in [1.82, 2.24) is 4.90 Å². The van der Waals surface area contributed by atoms with Gasteiger partial charge in [-0.15, -0.1) is 0 Å². The second-order valence-electron chi connectivity index (χ2n) is 6.88. The molecule has 2 aliphatic rings. The summed E-state index contributed by atoms with van der Waals surface area (Å²) in [6.07, 6.45) is 7.51. The summed E-state index contributed by atoms with van der Waals surface area (Å²) in [5.74, 6) is -2.76. The Morgan fingerprint density at radius 2 is 1.62 bits per heavy atom. The summed E-state index contributed by atoms with van der Waals surface area (Å²) in [7, 11) is 0. The van der Waals surface area contributed by atoms with Crippen molar-refractivity contribution in [3.63, 3.8) is 0 Å². The normalized spacial score (nSPS) is 22.7. The Kier molecular flexibility index (Phi) is 5.71. The molecule has 2 unspecified atom stereocenters. The number of aliphatic carboxylic acids is 1. The molecule has 1 heterocycles. The number of amides is 2. The van der Waals surface area contributed by atoms with Gasteiger partial charge in [-0.2, -0.15) is 0 Å². The molecule has 1 saturated heterocycles. The van der Waals surface area contributed by atoms with Gasteiger partial charge < -0.3 is 15.3 Å². The van der Waals surface area contributed by atoms with E-state index in [1.54, 1.807) is 30.3 Å². The Hall–Kier alpha value is -2.63. The van der Waals surface area contributed by atoms with Gasteiger partial charge in [-0.25, -0.2) is 0 Å². The van der Waals surface area contributed by atoms with Crippen LogP contribution < -0.4 is 5.32 Å². The summed E-state index contributed by atoms with van der Waals surface area (Å²) in [6, 6.07) is 6.94. The lowest BCUT2D eigenvalue weighted by Crippen LogP contribution is -2.37. The van der Waals surface area contributed by atoms with Crippen molar-refractivity contribution >= 4 is 23.5 Å². The van der Waals surface area contributed by atoms with Crippen LogP contribution in [0.15, 0.2) is 36.4 Å². The number of anilines is 1. The second-order valence-corrected chi connectivity index (χ2v) is 6.88. The molecule has 1 aliphatic heterocycles. The van der Waals surface area contributed by atoms with Crippen LogP contribution in [0, 0.1) is 11.8 Å². The van der Waals surface area contributed by atoms with Crippen LogP contribution in [0.25, 0.3) is 0 Å². The number of hydrogen-bond donors (Lipinski definition) is 2. The molecule has 0 bridgehead atoms. The lowest BCUT2D eigenvalue weighted by molar-refractivity contribution is -0.146. The Labute approximate surface area is 152 Å². The van der Waals surface area contributed by atoms with E-state index in [0.29, 0.717) is 24.1 Å². The minimum absolute atomic E-state index is 0.0843. The maximum atomic E-state index is 12.8. The Morgan fingerprint density at radius 1 is 0.962 bits per heavy atom. The number of rotatable bonds is 4. The van der Waals surface area contributed by atoms with Gasteiger partial charge in [-0.1, -0.05) is 24.3 Å².